The van der Waals surface area contributed by atoms with Crippen molar-refractivity contribution in [2.45, 2.75) is 44.6 Å². The van der Waals surface area contributed by atoms with Crippen molar-refractivity contribution < 1.29 is 9.90 Å². The zero-order valence-electron chi connectivity index (χ0n) is 11.9. The number of rotatable bonds is 5. The number of likely N-dealkylation sites (tertiary alicyclic amines) is 1. The molecule has 1 aliphatic heterocycles. The van der Waals surface area contributed by atoms with Gasteiger partial charge < -0.3 is 5.11 Å². The van der Waals surface area contributed by atoms with Gasteiger partial charge in [0, 0.05) is 13.0 Å². The molecule has 20 heavy (non-hydrogen) atoms. The highest BCUT2D eigenvalue weighted by Crippen LogP contribution is 2.41. The van der Waals surface area contributed by atoms with Crippen LogP contribution in [0.4, 0.5) is 0 Å². The summed E-state index contributed by atoms with van der Waals surface area (Å²) in [5.74, 6) is 0.528. The van der Waals surface area contributed by atoms with Gasteiger partial charge in [0.05, 0.1) is 0 Å². The number of nitrogens with zero attached hydrogens (tertiary/aromatic N) is 1. The summed E-state index contributed by atoms with van der Waals surface area (Å²) in [6.45, 7) is 3.11. The fraction of sp³-hybridized carbons (Fsp3) is 0.588. The van der Waals surface area contributed by atoms with Gasteiger partial charge in [-0.2, -0.15) is 0 Å². The SMILES string of the molecule is O=C(O)CC1CCN(Cc2ccccc2C2CC2)CC1. The Morgan fingerprint density at radius 1 is 1.15 bits per heavy atom. The first-order valence-corrected chi connectivity index (χ1v) is 7.74. The zero-order valence-corrected chi connectivity index (χ0v) is 11.9. The van der Waals surface area contributed by atoms with Crippen molar-refractivity contribution in [3.05, 3.63) is 35.4 Å². The smallest absolute Gasteiger partial charge is 0.303 e. The van der Waals surface area contributed by atoms with Crippen LogP contribution in [0.5, 0.6) is 0 Å². The van der Waals surface area contributed by atoms with Crippen LogP contribution >= 0.6 is 0 Å². The maximum absolute atomic E-state index is 10.8. The number of hydrogen-bond acceptors (Lipinski definition) is 2. The summed E-state index contributed by atoms with van der Waals surface area (Å²) in [5, 5.41) is 8.86. The second-order valence-electron chi connectivity index (χ2n) is 6.29. The van der Waals surface area contributed by atoms with Gasteiger partial charge in [0.25, 0.3) is 0 Å². The molecule has 1 saturated carbocycles. The Hall–Kier alpha value is -1.35. The second kappa shape index (κ2) is 5.96. The summed E-state index contributed by atoms with van der Waals surface area (Å²) in [4.78, 5) is 13.2. The van der Waals surface area contributed by atoms with Crippen molar-refractivity contribution in [1.82, 2.24) is 4.90 Å². The number of carbonyl (C=O) groups is 1. The lowest BCUT2D eigenvalue weighted by Crippen LogP contribution is -2.34. The van der Waals surface area contributed by atoms with E-state index in [1.807, 2.05) is 0 Å². The van der Waals surface area contributed by atoms with Crippen LogP contribution in [0.25, 0.3) is 0 Å². The molecule has 0 atom stereocenters. The minimum Gasteiger partial charge on any atom is -0.481 e. The number of benzene rings is 1. The van der Waals surface area contributed by atoms with E-state index in [-0.39, 0.29) is 0 Å². The molecule has 1 aromatic rings. The summed E-state index contributed by atoms with van der Waals surface area (Å²) in [7, 11) is 0. The van der Waals surface area contributed by atoms with E-state index in [1.165, 1.54) is 18.4 Å². The number of piperidine rings is 1. The van der Waals surface area contributed by atoms with Gasteiger partial charge in [-0.3, -0.25) is 9.69 Å². The summed E-state index contributed by atoms with van der Waals surface area (Å²) < 4.78 is 0. The quantitative estimate of drug-likeness (QED) is 0.895. The van der Waals surface area contributed by atoms with Crippen LogP contribution in [0.1, 0.15) is 49.1 Å². The lowest BCUT2D eigenvalue weighted by Gasteiger charge is -2.31. The molecule has 3 heteroatoms. The molecule has 0 aromatic heterocycles. The molecule has 2 fully saturated rings. The molecule has 2 aliphatic rings. The highest BCUT2D eigenvalue weighted by atomic mass is 16.4. The first kappa shape index (κ1) is 13.6. The average Bonchev–Trinajstić information content (AvgIpc) is 3.25. The van der Waals surface area contributed by atoms with E-state index in [2.05, 4.69) is 29.2 Å². The van der Waals surface area contributed by atoms with E-state index in [0.717, 1.165) is 38.4 Å². The van der Waals surface area contributed by atoms with Crippen molar-refractivity contribution in [2.24, 2.45) is 5.92 Å². The molecular formula is C17H23NO2. The summed E-state index contributed by atoms with van der Waals surface area (Å²) in [6.07, 6.45) is 5.08. The topological polar surface area (TPSA) is 40.5 Å². The maximum Gasteiger partial charge on any atom is 0.303 e. The largest absolute Gasteiger partial charge is 0.481 e. The Bertz CT molecular complexity index is 474. The minimum atomic E-state index is -0.650. The van der Waals surface area contributed by atoms with E-state index >= 15 is 0 Å². The van der Waals surface area contributed by atoms with Gasteiger partial charge >= 0.3 is 5.97 Å². The monoisotopic (exact) mass is 273 g/mol. The van der Waals surface area contributed by atoms with Gasteiger partial charge in [0.2, 0.25) is 0 Å². The summed E-state index contributed by atoms with van der Waals surface area (Å²) in [6, 6.07) is 8.83. The van der Waals surface area contributed by atoms with Crippen molar-refractivity contribution in [3.63, 3.8) is 0 Å². The van der Waals surface area contributed by atoms with E-state index < -0.39 is 5.97 Å². The predicted octanol–water partition coefficient (Wildman–Crippen LogP) is 3.25. The van der Waals surface area contributed by atoms with E-state index in [1.54, 1.807) is 5.56 Å². The van der Waals surface area contributed by atoms with Gasteiger partial charge in [-0.1, -0.05) is 24.3 Å². The molecule has 1 saturated heterocycles. The highest BCUT2D eigenvalue weighted by molar-refractivity contribution is 5.67. The standard InChI is InChI=1S/C17H23NO2/c19-17(20)11-13-7-9-18(10-8-13)12-15-3-1-2-4-16(15)14-5-6-14/h1-4,13-14H,5-12H2,(H,19,20). The molecule has 1 aliphatic carbocycles. The van der Waals surface area contributed by atoms with Gasteiger partial charge in [-0.25, -0.2) is 0 Å². The molecule has 108 valence electrons. The molecular weight excluding hydrogens is 250 g/mol. The minimum absolute atomic E-state index is 0.340. The lowest BCUT2D eigenvalue weighted by atomic mass is 9.93. The molecule has 0 radical (unpaired) electrons. The second-order valence-corrected chi connectivity index (χ2v) is 6.29. The van der Waals surface area contributed by atoms with Crippen LogP contribution in [-0.4, -0.2) is 29.1 Å². The van der Waals surface area contributed by atoms with Crippen LogP contribution in [0.3, 0.4) is 0 Å². The molecule has 3 rings (SSSR count). The third kappa shape index (κ3) is 3.40. The van der Waals surface area contributed by atoms with E-state index in [0.29, 0.717) is 12.3 Å². The van der Waals surface area contributed by atoms with Crippen molar-refractivity contribution in [1.29, 1.82) is 0 Å². The number of carboxylic acid groups (broad SMARTS) is 1. The summed E-state index contributed by atoms with van der Waals surface area (Å²) in [5.41, 5.74) is 3.02. The van der Waals surface area contributed by atoms with E-state index in [4.69, 9.17) is 5.11 Å². The van der Waals surface area contributed by atoms with Crippen LogP contribution in [0.15, 0.2) is 24.3 Å². The lowest BCUT2D eigenvalue weighted by molar-refractivity contribution is -0.138. The molecule has 3 nitrogen and oxygen atoms in total. The molecule has 0 bridgehead atoms. The van der Waals surface area contributed by atoms with Gasteiger partial charge in [-0.15, -0.1) is 0 Å². The van der Waals surface area contributed by atoms with Crippen molar-refractivity contribution in [3.8, 4) is 0 Å². The molecule has 0 amide bonds. The fourth-order valence-corrected chi connectivity index (χ4v) is 3.31. The predicted molar refractivity (Wildman–Crippen MR) is 78.7 cm³/mol. The normalized spacial score (nSPS) is 21.0. The molecule has 1 N–H and O–H groups in total. The fourth-order valence-electron chi connectivity index (χ4n) is 3.31. The van der Waals surface area contributed by atoms with Crippen LogP contribution in [-0.2, 0) is 11.3 Å². The Balaban J connectivity index is 1.56. The third-order valence-electron chi connectivity index (χ3n) is 4.64. The van der Waals surface area contributed by atoms with Crippen LogP contribution in [0, 0.1) is 5.92 Å². The Labute approximate surface area is 120 Å². The average molecular weight is 273 g/mol. The number of hydrogen-bond donors (Lipinski definition) is 1. The Kier molecular flexibility index (Phi) is 4.06. The zero-order chi connectivity index (χ0) is 13.9. The van der Waals surface area contributed by atoms with Crippen molar-refractivity contribution in [2.75, 3.05) is 13.1 Å². The van der Waals surface area contributed by atoms with Gasteiger partial charge in [0.15, 0.2) is 0 Å². The van der Waals surface area contributed by atoms with E-state index in [9.17, 15) is 4.79 Å². The number of carboxylic acids is 1. The number of aliphatic carboxylic acids is 1. The summed E-state index contributed by atoms with van der Waals surface area (Å²) >= 11 is 0. The Morgan fingerprint density at radius 3 is 2.50 bits per heavy atom. The van der Waals surface area contributed by atoms with Crippen LogP contribution in [0.2, 0.25) is 0 Å². The first-order valence-electron chi connectivity index (χ1n) is 7.74. The Morgan fingerprint density at radius 2 is 1.85 bits per heavy atom. The molecule has 0 unspecified atom stereocenters. The van der Waals surface area contributed by atoms with Crippen LogP contribution < -0.4 is 0 Å². The van der Waals surface area contributed by atoms with Gasteiger partial charge in [0.1, 0.15) is 0 Å². The molecule has 0 spiro atoms. The maximum atomic E-state index is 10.8. The van der Waals surface area contributed by atoms with Crippen molar-refractivity contribution >= 4 is 5.97 Å². The third-order valence-corrected chi connectivity index (χ3v) is 4.64. The first-order chi connectivity index (χ1) is 9.72. The molecule has 1 aromatic carbocycles. The molecule has 1 heterocycles. The van der Waals surface area contributed by atoms with Gasteiger partial charge in [-0.05, 0) is 61.7 Å². The highest BCUT2D eigenvalue weighted by Gasteiger charge is 2.27.